The summed E-state index contributed by atoms with van der Waals surface area (Å²) in [6, 6.07) is 7.97. The third kappa shape index (κ3) is 8.88. The Morgan fingerprint density at radius 3 is 2.62 bits per heavy atom. The number of unbranched alkanes of at least 4 members (excludes halogenated alkanes) is 2. The second kappa shape index (κ2) is 15.0. The lowest BCUT2D eigenvalue weighted by Gasteiger charge is -2.14. The number of nitrogen functional groups attached to an aromatic ring is 1. The van der Waals surface area contributed by atoms with E-state index in [0.717, 1.165) is 59.5 Å². The highest BCUT2D eigenvalue weighted by Crippen LogP contribution is 2.27. The smallest absolute Gasteiger partial charge is 0.329 e. The molecule has 37 heavy (non-hydrogen) atoms. The van der Waals surface area contributed by atoms with Gasteiger partial charge in [0.2, 0.25) is 5.95 Å². The van der Waals surface area contributed by atoms with E-state index in [0.29, 0.717) is 33.0 Å². The minimum atomic E-state index is -0.995. The molecule has 0 spiro atoms. The van der Waals surface area contributed by atoms with E-state index in [4.69, 9.17) is 29.8 Å². The van der Waals surface area contributed by atoms with Gasteiger partial charge in [0, 0.05) is 18.3 Å². The standard InChI is InChI=1S/C26H37N5O6/c1-3-4-5-9-28-25-24-21(29-26(27)30-25)8-10-31(24)16-20-7-6-19(15-22(20)34-2)17-36-13-11-35-12-14-37-18-23(32)33/h6-8,10,15H,3-5,9,11-14,16-18H2,1-2H3,(H,32,33)(H3,27,28,29,30). The van der Waals surface area contributed by atoms with Crippen molar-refractivity contribution in [2.24, 2.45) is 0 Å². The van der Waals surface area contributed by atoms with Crippen molar-refractivity contribution in [3.8, 4) is 5.75 Å². The average molecular weight is 516 g/mol. The molecule has 0 atom stereocenters. The molecule has 0 radical (unpaired) electrons. The van der Waals surface area contributed by atoms with Crippen LogP contribution in [0.1, 0.15) is 37.3 Å². The van der Waals surface area contributed by atoms with E-state index in [9.17, 15) is 4.79 Å². The Labute approximate surface area is 216 Å². The maximum atomic E-state index is 10.4. The van der Waals surface area contributed by atoms with Crippen LogP contribution in [0.5, 0.6) is 5.75 Å². The molecule has 3 aromatic rings. The minimum Gasteiger partial charge on any atom is -0.496 e. The van der Waals surface area contributed by atoms with E-state index >= 15 is 0 Å². The number of nitrogens with two attached hydrogens (primary N) is 1. The SMILES string of the molecule is CCCCCNc1nc(N)nc2ccn(Cc3ccc(COCCOCCOCC(=O)O)cc3OC)c12. The lowest BCUT2D eigenvalue weighted by Crippen LogP contribution is -2.13. The van der Waals surface area contributed by atoms with Crippen molar-refractivity contribution in [1.82, 2.24) is 14.5 Å². The molecule has 0 bridgehead atoms. The fraction of sp³-hybridized carbons (Fsp3) is 0.500. The number of aromatic nitrogens is 3. The second-order valence-corrected chi connectivity index (χ2v) is 8.50. The first kappa shape index (κ1) is 28.2. The first-order valence-electron chi connectivity index (χ1n) is 12.5. The van der Waals surface area contributed by atoms with E-state index in [2.05, 4.69) is 26.8 Å². The average Bonchev–Trinajstić information content (AvgIpc) is 3.28. The molecule has 202 valence electrons. The van der Waals surface area contributed by atoms with Gasteiger partial charge < -0.3 is 39.7 Å². The summed E-state index contributed by atoms with van der Waals surface area (Å²) < 4.78 is 23.7. The van der Waals surface area contributed by atoms with E-state index in [-0.39, 0.29) is 19.2 Å². The van der Waals surface area contributed by atoms with Crippen LogP contribution >= 0.6 is 0 Å². The molecule has 4 N–H and O–H groups in total. The van der Waals surface area contributed by atoms with Crippen molar-refractivity contribution in [2.45, 2.75) is 39.3 Å². The Kier molecular flexibility index (Phi) is 11.4. The summed E-state index contributed by atoms with van der Waals surface area (Å²) in [4.78, 5) is 19.2. The first-order chi connectivity index (χ1) is 18.0. The number of methoxy groups -OCH3 is 1. The predicted octanol–water partition coefficient (Wildman–Crippen LogP) is 3.31. The molecule has 11 heteroatoms. The molecule has 1 aromatic carbocycles. The molecule has 2 aromatic heterocycles. The van der Waals surface area contributed by atoms with Crippen LogP contribution in [0.4, 0.5) is 11.8 Å². The Hall–Kier alpha value is -3.41. The number of carboxylic acids is 1. The van der Waals surface area contributed by atoms with E-state index < -0.39 is 5.97 Å². The monoisotopic (exact) mass is 515 g/mol. The van der Waals surface area contributed by atoms with Crippen molar-refractivity contribution in [2.75, 3.05) is 57.7 Å². The molecule has 0 amide bonds. The zero-order valence-corrected chi connectivity index (χ0v) is 21.6. The highest BCUT2D eigenvalue weighted by molar-refractivity contribution is 5.87. The molecule has 0 aliphatic heterocycles. The highest BCUT2D eigenvalue weighted by Gasteiger charge is 2.13. The van der Waals surface area contributed by atoms with Gasteiger partial charge in [0.1, 0.15) is 17.9 Å². The molecule has 11 nitrogen and oxygen atoms in total. The van der Waals surface area contributed by atoms with Gasteiger partial charge in [0.05, 0.1) is 52.2 Å². The van der Waals surface area contributed by atoms with Crippen LogP contribution in [-0.4, -0.2) is 72.3 Å². The fourth-order valence-electron chi connectivity index (χ4n) is 3.84. The minimum absolute atomic E-state index is 0.234. The first-order valence-corrected chi connectivity index (χ1v) is 12.5. The van der Waals surface area contributed by atoms with Crippen molar-refractivity contribution < 1.29 is 28.8 Å². The largest absolute Gasteiger partial charge is 0.496 e. The van der Waals surface area contributed by atoms with Crippen molar-refractivity contribution in [3.63, 3.8) is 0 Å². The maximum Gasteiger partial charge on any atom is 0.329 e. The van der Waals surface area contributed by atoms with Gasteiger partial charge in [-0.25, -0.2) is 9.78 Å². The number of ether oxygens (including phenoxy) is 4. The third-order valence-corrected chi connectivity index (χ3v) is 5.63. The Balaban J connectivity index is 1.57. The van der Waals surface area contributed by atoms with Crippen LogP contribution in [0.15, 0.2) is 30.5 Å². The number of anilines is 2. The third-order valence-electron chi connectivity index (χ3n) is 5.63. The number of hydrogen-bond donors (Lipinski definition) is 3. The summed E-state index contributed by atoms with van der Waals surface area (Å²) >= 11 is 0. The van der Waals surface area contributed by atoms with Crippen LogP contribution in [0.3, 0.4) is 0 Å². The summed E-state index contributed by atoms with van der Waals surface area (Å²) in [7, 11) is 1.65. The maximum absolute atomic E-state index is 10.4. The second-order valence-electron chi connectivity index (χ2n) is 8.50. The van der Waals surface area contributed by atoms with Crippen LogP contribution in [-0.2, 0) is 32.2 Å². The number of nitrogens with zero attached hydrogens (tertiary/aromatic N) is 3. The van der Waals surface area contributed by atoms with Gasteiger partial charge in [-0.3, -0.25) is 0 Å². The number of carbonyl (C=O) groups is 1. The van der Waals surface area contributed by atoms with Gasteiger partial charge in [0.15, 0.2) is 5.82 Å². The lowest BCUT2D eigenvalue weighted by atomic mass is 10.1. The molecular weight excluding hydrogens is 478 g/mol. The van der Waals surface area contributed by atoms with Crippen molar-refractivity contribution in [3.05, 3.63) is 41.6 Å². The van der Waals surface area contributed by atoms with Gasteiger partial charge >= 0.3 is 5.97 Å². The Morgan fingerprint density at radius 2 is 1.86 bits per heavy atom. The predicted molar refractivity (Wildman–Crippen MR) is 141 cm³/mol. The molecule has 2 heterocycles. The molecule has 0 aliphatic rings. The molecule has 0 saturated heterocycles. The van der Waals surface area contributed by atoms with Gasteiger partial charge in [-0.15, -0.1) is 0 Å². The molecule has 3 rings (SSSR count). The van der Waals surface area contributed by atoms with Crippen molar-refractivity contribution in [1.29, 1.82) is 0 Å². The summed E-state index contributed by atoms with van der Waals surface area (Å²) in [5, 5.41) is 11.9. The number of nitrogens with one attached hydrogen (secondary N) is 1. The number of hydrogen-bond acceptors (Lipinski definition) is 9. The fourth-order valence-corrected chi connectivity index (χ4v) is 3.84. The summed E-state index contributed by atoms with van der Waals surface area (Å²) in [6.45, 7) is 5.05. The van der Waals surface area contributed by atoms with Crippen molar-refractivity contribution >= 4 is 28.8 Å². The number of benzene rings is 1. The summed E-state index contributed by atoms with van der Waals surface area (Å²) in [6.07, 6.45) is 5.35. The van der Waals surface area contributed by atoms with Gasteiger partial charge in [0.25, 0.3) is 0 Å². The lowest BCUT2D eigenvalue weighted by molar-refractivity contribution is -0.142. The van der Waals surface area contributed by atoms with Crippen LogP contribution in [0.2, 0.25) is 0 Å². The normalized spacial score (nSPS) is 11.2. The number of rotatable bonds is 18. The van der Waals surface area contributed by atoms with Crippen LogP contribution in [0.25, 0.3) is 11.0 Å². The van der Waals surface area contributed by atoms with Crippen LogP contribution in [0, 0.1) is 0 Å². The topological polar surface area (TPSA) is 143 Å². The Bertz CT molecular complexity index is 1140. The molecule has 0 saturated carbocycles. The van der Waals surface area contributed by atoms with Gasteiger partial charge in [-0.05, 0) is 24.1 Å². The molecular formula is C26H37N5O6. The zero-order chi connectivity index (χ0) is 26.5. The number of carboxylic acid groups (broad SMARTS) is 1. The molecule has 0 aliphatic carbocycles. The molecule has 0 unspecified atom stereocenters. The van der Waals surface area contributed by atoms with E-state index in [1.807, 2.05) is 30.5 Å². The van der Waals surface area contributed by atoms with Gasteiger partial charge in [-0.2, -0.15) is 4.98 Å². The van der Waals surface area contributed by atoms with E-state index in [1.54, 1.807) is 7.11 Å². The highest BCUT2D eigenvalue weighted by atomic mass is 16.5. The number of aliphatic carboxylic acids is 1. The van der Waals surface area contributed by atoms with E-state index in [1.165, 1.54) is 0 Å². The Morgan fingerprint density at radius 1 is 1.08 bits per heavy atom. The number of fused-ring (bicyclic) bond motifs is 1. The zero-order valence-electron chi connectivity index (χ0n) is 21.6. The van der Waals surface area contributed by atoms with Crippen LogP contribution < -0.4 is 15.8 Å². The summed E-state index contributed by atoms with van der Waals surface area (Å²) in [5.41, 5.74) is 9.65. The summed E-state index contributed by atoms with van der Waals surface area (Å²) in [5.74, 6) is 0.763. The molecule has 0 fully saturated rings. The quantitative estimate of drug-likeness (QED) is 0.216. The van der Waals surface area contributed by atoms with Gasteiger partial charge in [-0.1, -0.05) is 31.9 Å².